The van der Waals surface area contributed by atoms with Crippen LogP contribution in [0.25, 0.3) is 10.8 Å². The number of para-hydroxylation sites is 2. The molecule has 4 N–H and O–H groups in total. The molecule has 32 heavy (non-hydrogen) atoms. The zero-order valence-electron chi connectivity index (χ0n) is 16.8. The molecule has 11 heteroatoms. The van der Waals surface area contributed by atoms with Crippen LogP contribution in [0.15, 0.2) is 52.1 Å². The summed E-state index contributed by atoms with van der Waals surface area (Å²) in [6, 6.07) is 11.5. The summed E-state index contributed by atoms with van der Waals surface area (Å²) in [4.78, 5) is 62.0. The Kier molecular flexibility index (Phi) is 5.71. The fourth-order valence-electron chi connectivity index (χ4n) is 3.41. The fraction of sp³-hybridized carbons (Fsp3) is 0.190. The molecule has 11 nitrogen and oxygen atoms in total. The van der Waals surface area contributed by atoms with E-state index in [9.17, 15) is 24.0 Å². The lowest BCUT2D eigenvalue weighted by atomic mass is 10.1. The van der Waals surface area contributed by atoms with Gasteiger partial charge in [0.25, 0.3) is 17.0 Å². The van der Waals surface area contributed by atoms with Crippen LogP contribution in [-0.4, -0.2) is 47.6 Å². The number of aromatic amines is 2. The van der Waals surface area contributed by atoms with Crippen molar-refractivity contribution in [3.05, 3.63) is 63.2 Å². The van der Waals surface area contributed by atoms with Gasteiger partial charge in [0.15, 0.2) is 6.61 Å². The number of amides is 3. The monoisotopic (exact) mass is 437 g/mol. The lowest BCUT2D eigenvalue weighted by molar-refractivity contribution is -0.124. The molecule has 1 aromatic heterocycles. The van der Waals surface area contributed by atoms with E-state index in [1.807, 2.05) is 0 Å². The van der Waals surface area contributed by atoms with Gasteiger partial charge in [0.1, 0.15) is 5.75 Å². The van der Waals surface area contributed by atoms with Gasteiger partial charge in [-0.3, -0.25) is 34.2 Å². The Bertz CT molecular complexity index is 1330. The topological polar surface area (TPSA) is 153 Å². The fourth-order valence-corrected chi connectivity index (χ4v) is 3.41. The largest absolute Gasteiger partial charge is 0.482 e. The van der Waals surface area contributed by atoms with Gasteiger partial charge in [0.05, 0.1) is 28.7 Å². The molecule has 0 bridgehead atoms. The zero-order valence-corrected chi connectivity index (χ0v) is 16.8. The highest BCUT2D eigenvalue weighted by atomic mass is 16.5. The molecule has 0 aliphatic carbocycles. The van der Waals surface area contributed by atoms with Crippen molar-refractivity contribution in [1.82, 2.24) is 15.5 Å². The molecule has 164 valence electrons. The van der Waals surface area contributed by atoms with Crippen molar-refractivity contribution in [3.63, 3.8) is 0 Å². The van der Waals surface area contributed by atoms with E-state index in [1.165, 1.54) is 23.1 Å². The Morgan fingerprint density at radius 2 is 1.75 bits per heavy atom. The van der Waals surface area contributed by atoms with E-state index >= 15 is 0 Å². The van der Waals surface area contributed by atoms with Gasteiger partial charge in [-0.05, 0) is 24.3 Å². The minimum Gasteiger partial charge on any atom is -0.482 e. The molecule has 0 spiro atoms. The molecule has 2 heterocycles. The second-order valence-electron chi connectivity index (χ2n) is 7.01. The van der Waals surface area contributed by atoms with E-state index in [0.29, 0.717) is 11.4 Å². The van der Waals surface area contributed by atoms with E-state index in [-0.39, 0.29) is 48.5 Å². The molecule has 3 amide bonds. The number of H-pyrrole nitrogens is 2. The van der Waals surface area contributed by atoms with Gasteiger partial charge in [-0.1, -0.05) is 18.2 Å². The molecule has 0 saturated heterocycles. The summed E-state index contributed by atoms with van der Waals surface area (Å²) >= 11 is 0. The van der Waals surface area contributed by atoms with Crippen LogP contribution in [0.5, 0.6) is 5.75 Å². The van der Waals surface area contributed by atoms with E-state index in [0.717, 1.165) is 0 Å². The summed E-state index contributed by atoms with van der Waals surface area (Å²) in [5.74, 6) is -0.691. The summed E-state index contributed by atoms with van der Waals surface area (Å²) in [6.45, 7) is -0.313. The minimum absolute atomic E-state index is 0.0172. The maximum Gasteiger partial charge on any atom is 0.272 e. The van der Waals surface area contributed by atoms with Crippen LogP contribution in [0, 0.1) is 0 Å². The van der Waals surface area contributed by atoms with Crippen molar-refractivity contribution in [2.75, 3.05) is 29.9 Å². The van der Waals surface area contributed by atoms with Gasteiger partial charge >= 0.3 is 0 Å². The molecule has 1 aliphatic rings. The first-order valence-corrected chi connectivity index (χ1v) is 9.76. The molecule has 1 aliphatic heterocycles. The number of nitrogens with zero attached hydrogens (tertiary/aromatic N) is 1. The summed E-state index contributed by atoms with van der Waals surface area (Å²) in [5.41, 5.74) is -0.312. The number of hydrogen-bond acceptors (Lipinski definition) is 6. The third kappa shape index (κ3) is 4.21. The molecule has 2 aromatic carbocycles. The van der Waals surface area contributed by atoms with E-state index < -0.39 is 22.9 Å². The van der Waals surface area contributed by atoms with Crippen molar-refractivity contribution in [2.24, 2.45) is 0 Å². The molecule has 0 unspecified atom stereocenters. The van der Waals surface area contributed by atoms with Crippen LogP contribution in [0.3, 0.4) is 0 Å². The highest BCUT2D eigenvalue weighted by Gasteiger charge is 2.25. The van der Waals surface area contributed by atoms with Gasteiger partial charge in [0.2, 0.25) is 11.8 Å². The van der Waals surface area contributed by atoms with Gasteiger partial charge in [-0.25, -0.2) is 0 Å². The van der Waals surface area contributed by atoms with Crippen LogP contribution in [-0.2, 0) is 14.4 Å². The minimum atomic E-state index is -0.571. The van der Waals surface area contributed by atoms with Crippen LogP contribution >= 0.6 is 0 Å². The van der Waals surface area contributed by atoms with E-state index in [4.69, 9.17) is 4.74 Å². The smallest absolute Gasteiger partial charge is 0.272 e. The van der Waals surface area contributed by atoms with Crippen molar-refractivity contribution < 1.29 is 19.1 Å². The number of aromatic nitrogens is 2. The standard InChI is InChI=1S/C21H19N5O6/c27-16(8-9-26-14-6-1-2-7-15(14)32-11-18(26)29)22-10-17(28)23-13-5-3-4-12-19(13)21(31)25-24-20(12)30/h1-7H,8-11H2,(H,22,27)(H,23,28)(H,24,30)(H,25,31). The number of anilines is 2. The molecular weight excluding hydrogens is 418 g/mol. The lowest BCUT2D eigenvalue weighted by Gasteiger charge is -2.29. The first kappa shape index (κ1) is 20.8. The predicted molar refractivity (Wildman–Crippen MR) is 116 cm³/mol. The van der Waals surface area contributed by atoms with Crippen molar-refractivity contribution in [1.29, 1.82) is 0 Å². The Labute approximate surface area is 180 Å². The van der Waals surface area contributed by atoms with Crippen LogP contribution in [0.2, 0.25) is 0 Å². The molecule has 4 rings (SSSR count). The second-order valence-corrected chi connectivity index (χ2v) is 7.01. The number of benzene rings is 2. The highest BCUT2D eigenvalue weighted by Crippen LogP contribution is 2.31. The third-order valence-corrected chi connectivity index (χ3v) is 4.92. The zero-order chi connectivity index (χ0) is 22.7. The molecule has 0 atom stereocenters. The summed E-state index contributed by atoms with van der Waals surface area (Å²) in [5, 5.41) is 9.61. The summed E-state index contributed by atoms with van der Waals surface area (Å²) in [7, 11) is 0. The first-order chi connectivity index (χ1) is 15.4. The molecule has 0 fully saturated rings. The normalized spacial score (nSPS) is 12.8. The van der Waals surface area contributed by atoms with Crippen LogP contribution in [0.1, 0.15) is 6.42 Å². The van der Waals surface area contributed by atoms with Crippen molar-refractivity contribution in [3.8, 4) is 5.75 Å². The van der Waals surface area contributed by atoms with Gasteiger partial charge in [-0.15, -0.1) is 0 Å². The number of ether oxygens (including phenoxy) is 1. The summed E-state index contributed by atoms with van der Waals surface area (Å²) < 4.78 is 5.36. The molecule has 0 saturated carbocycles. The Morgan fingerprint density at radius 1 is 0.969 bits per heavy atom. The summed E-state index contributed by atoms with van der Waals surface area (Å²) in [6.07, 6.45) is -0.0172. The van der Waals surface area contributed by atoms with E-state index in [2.05, 4.69) is 20.8 Å². The molecular formula is C21H19N5O6. The molecule has 0 radical (unpaired) electrons. The third-order valence-electron chi connectivity index (χ3n) is 4.92. The van der Waals surface area contributed by atoms with Gasteiger partial charge < -0.3 is 20.3 Å². The number of hydrogen-bond donors (Lipinski definition) is 4. The Hall–Kier alpha value is -4.41. The Morgan fingerprint density at radius 3 is 2.59 bits per heavy atom. The Balaban J connectivity index is 1.35. The molecule has 3 aromatic rings. The average Bonchev–Trinajstić information content (AvgIpc) is 2.79. The van der Waals surface area contributed by atoms with Crippen molar-refractivity contribution in [2.45, 2.75) is 6.42 Å². The average molecular weight is 437 g/mol. The second kappa shape index (κ2) is 8.76. The number of carbonyl (C=O) groups is 3. The first-order valence-electron chi connectivity index (χ1n) is 9.76. The van der Waals surface area contributed by atoms with Crippen molar-refractivity contribution >= 4 is 39.9 Å². The van der Waals surface area contributed by atoms with Gasteiger partial charge in [-0.2, -0.15) is 0 Å². The number of fused-ring (bicyclic) bond motifs is 2. The SMILES string of the molecule is O=C(CCN1C(=O)COc2ccccc21)NCC(=O)Nc1cccc2c(=O)[nH][nH]c(=O)c12. The maximum absolute atomic E-state index is 12.3. The number of nitrogens with one attached hydrogen (secondary N) is 4. The number of carbonyl (C=O) groups excluding carboxylic acids is 3. The highest BCUT2D eigenvalue weighted by molar-refractivity contribution is 6.03. The van der Waals surface area contributed by atoms with Crippen LogP contribution < -0.4 is 31.4 Å². The maximum atomic E-state index is 12.3. The predicted octanol–water partition coefficient (Wildman–Crippen LogP) is 0.0868. The quantitative estimate of drug-likeness (QED) is 0.429. The number of rotatable bonds is 6. The lowest BCUT2D eigenvalue weighted by Crippen LogP contribution is -2.41. The van der Waals surface area contributed by atoms with E-state index in [1.54, 1.807) is 24.3 Å². The van der Waals surface area contributed by atoms with Gasteiger partial charge in [0, 0.05) is 13.0 Å². The van der Waals surface area contributed by atoms with Crippen LogP contribution in [0.4, 0.5) is 11.4 Å².